The molecular weight excluding hydrogens is 338 g/mol. The summed E-state index contributed by atoms with van der Waals surface area (Å²) in [5, 5.41) is 21.8. The Morgan fingerprint density at radius 1 is 1.45 bits per heavy atom. The molecule has 0 N–H and O–H groups in total. The number of rotatable bonds is 5. The third-order valence-electron chi connectivity index (χ3n) is 3.19. The van der Waals surface area contributed by atoms with Crippen molar-refractivity contribution in [3.63, 3.8) is 0 Å². The molecule has 0 aliphatic carbocycles. The van der Waals surface area contributed by atoms with E-state index in [0.717, 1.165) is 22.0 Å². The fraction of sp³-hybridized carbons (Fsp3) is 0.250. The van der Waals surface area contributed by atoms with Crippen molar-refractivity contribution in [1.82, 2.24) is 0 Å². The first kappa shape index (κ1) is 16.9. The molecule has 1 aromatic carbocycles. The quantitative estimate of drug-likeness (QED) is 0.758. The van der Waals surface area contributed by atoms with Crippen molar-refractivity contribution in [3.05, 3.63) is 39.7 Å². The minimum absolute atomic E-state index is 0.0877. The fourth-order valence-corrected chi connectivity index (χ4v) is 4.60. The molecule has 22 heavy (non-hydrogen) atoms. The summed E-state index contributed by atoms with van der Waals surface area (Å²) in [6.07, 6.45) is 0.935. The summed E-state index contributed by atoms with van der Waals surface area (Å²) in [5.74, 6) is -1.26. The fourth-order valence-electron chi connectivity index (χ4n) is 1.90. The number of hydrogen-bond donors (Lipinski definition) is 0. The van der Waals surface area contributed by atoms with E-state index in [9.17, 15) is 15.2 Å². The van der Waals surface area contributed by atoms with Crippen molar-refractivity contribution >= 4 is 40.7 Å². The highest BCUT2D eigenvalue weighted by Gasteiger charge is 2.21. The average Bonchev–Trinajstić information content (AvgIpc) is 2.86. The first-order valence-electron chi connectivity index (χ1n) is 6.68. The Hall–Kier alpha value is -1.48. The van der Waals surface area contributed by atoms with Gasteiger partial charge in [0.05, 0.1) is 20.6 Å². The second-order valence-corrected chi connectivity index (χ2v) is 7.88. The van der Waals surface area contributed by atoms with Gasteiger partial charge in [0.1, 0.15) is 6.07 Å². The summed E-state index contributed by atoms with van der Waals surface area (Å²) in [4.78, 5) is 11.5. The molecule has 1 aromatic heterocycles. The SMILES string of the molecule is CC[C@H](C)Sc1sc(C(=O)[O-])c(-c2ccc(Cl)cc2)c1C#N. The summed E-state index contributed by atoms with van der Waals surface area (Å²) < 4.78 is 0.723. The van der Waals surface area contributed by atoms with Crippen molar-refractivity contribution in [3.8, 4) is 17.2 Å². The van der Waals surface area contributed by atoms with Crippen LogP contribution in [0.4, 0.5) is 0 Å². The highest BCUT2D eigenvalue weighted by atomic mass is 35.5. The van der Waals surface area contributed by atoms with E-state index in [4.69, 9.17) is 11.6 Å². The van der Waals surface area contributed by atoms with Crippen LogP contribution in [0.1, 0.15) is 35.5 Å². The summed E-state index contributed by atoms with van der Waals surface area (Å²) in [6.45, 7) is 4.10. The van der Waals surface area contributed by atoms with Crippen molar-refractivity contribution < 1.29 is 9.90 Å². The molecule has 2 aromatic rings. The van der Waals surface area contributed by atoms with Gasteiger partial charge in [-0.15, -0.1) is 23.1 Å². The molecule has 0 fully saturated rings. The van der Waals surface area contributed by atoms with Crippen molar-refractivity contribution in [2.45, 2.75) is 29.7 Å². The van der Waals surface area contributed by atoms with Crippen molar-refractivity contribution in [2.24, 2.45) is 0 Å². The van der Waals surface area contributed by atoms with E-state index in [1.165, 1.54) is 11.8 Å². The minimum Gasteiger partial charge on any atom is -0.544 e. The van der Waals surface area contributed by atoms with Crippen molar-refractivity contribution in [1.29, 1.82) is 5.26 Å². The van der Waals surface area contributed by atoms with Gasteiger partial charge < -0.3 is 9.90 Å². The summed E-state index contributed by atoms with van der Waals surface area (Å²) in [7, 11) is 0. The van der Waals surface area contributed by atoms with E-state index < -0.39 is 5.97 Å². The van der Waals surface area contributed by atoms with E-state index >= 15 is 0 Å². The third-order valence-corrected chi connectivity index (χ3v) is 6.10. The Morgan fingerprint density at radius 3 is 2.59 bits per heavy atom. The molecule has 2 rings (SSSR count). The molecule has 0 aliphatic rings. The number of carboxylic acid groups (broad SMARTS) is 1. The van der Waals surface area contributed by atoms with Gasteiger partial charge >= 0.3 is 0 Å². The predicted octanol–water partition coefficient (Wildman–Crippen LogP) is 4.19. The van der Waals surface area contributed by atoms with Crippen molar-refractivity contribution in [2.75, 3.05) is 0 Å². The topological polar surface area (TPSA) is 63.9 Å². The lowest BCUT2D eigenvalue weighted by Gasteiger charge is -2.07. The van der Waals surface area contributed by atoms with E-state index in [1.54, 1.807) is 24.3 Å². The van der Waals surface area contributed by atoms with Gasteiger partial charge in [0.25, 0.3) is 0 Å². The smallest absolute Gasteiger partial charge is 0.102 e. The molecule has 0 unspecified atom stereocenters. The zero-order chi connectivity index (χ0) is 16.3. The van der Waals surface area contributed by atoms with Crippen LogP contribution in [0.2, 0.25) is 5.02 Å². The number of thioether (sulfide) groups is 1. The average molecular weight is 351 g/mol. The predicted molar refractivity (Wildman–Crippen MR) is 89.4 cm³/mol. The Bertz CT molecular complexity index is 732. The maximum atomic E-state index is 11.5. The number of hydrogen-bond acceptors (Lipinski definition) is 5. The molecule has 114 valence electrons. The third kappa shape index (κ3) is 3.46. The second kappa shape index (κ2) is 7.19. The number of thiophene rings is 1. The lowest BCUT2D eigenvalue weighted by Crippen LogP contribution is -2.21. The molecule has 6 heteroatoms. The van der Waals surface area contributed by atoms with Gasteiger partial charge in [0.15, 0.2) is 0 Å². The largest absolute Gasteiger partial charge is 0.544 e. The summed E-state index contributed by atoms with van der Waals surface area (Å²) >= 11 is 8.50. The zero-order valence-corrected chi connectivity index (χ0v) is 14.4. The van der Waals surface area contributed by atoms with Crippen LogP contribution in [0, 0.1) is 11.3 Å². The van der Waals surface area contributed by atoms with Crippen LogP contribution in [-0.4, -0.2) is 11.2 Å². The molecule has 0 spiro atoms. The number of carboxylic acids is 1. The molecule has 1 atom stereocenters. The number of carbonyl (C=O) groups excluding carboxylic acids is 1. The molecule has 0 amide bonds. The number of halogens is 1. The highest BCUT2D eigenvalue weighted by molar-refractivity contribution is 8.01. The first-order chi connectivity index (χ1) is 10.5. The van der Waals surface area contributed by atoms with Gasteiger partial charge in [-0.3, -0.25) is 0 Å². The molecule has 1 heterocycles. The number of nitriles is 1. The molecule has 0 aliphatic heterocycles. The highest BCUT2D eigenvalue weighted by Crippen LogP contribution is 2.43. The van der Waals surface area contributed by atoms with Gasteiger partial charge in [-0.25, -0.2) is 0 Å². The molecule has 0 saturated heterocycles. The Labute approximate surface area is 142 Å². The number of carbonyl (C=O) groups is 1. The number of nitrogens with zero attached hydrogens (tertiary/aromatic N) is 1. The van der Waals surface area contributed by atoms with Gasteiger partial charge in [0.2, 0.25) is 0 Å². The van der Waals surface area contributed by atoms with E-state index in [0.29, 0.717) is 27.0 Å². The van der Waals surface area contributed by atoms with Crippen LogP contribution in [0.3, 0.4) is 0 Å². The minimum atomic E-state index is -1.26. The van der Waals surface area contributed by atoms with Gasteiger partial charge in [0, 0.05) is 15.8 Å². The monoisotopic (exact) mass is 350 g/mol. The van der Waals surface area contributed by atoms with E-state index in [1.807, 2.05) is 6.92 Å². The zero-order valence-electron chi connectivity index (χ0n) is 12.1. The van der Waals surface area contributed by atoms with Gasteiger partial charge in [-0.2, -0.15) is 5.26 Å². The lowest BCUT2D eigenvalue weighted by molar-refractivity contribution is -0.254. The van der Waals surface area contributed by atoms with Gasteiger partial charge in [-0.1, -0.05) is 37.6 Å². The Morgan fingerprint density at radius 2 is 2.09 bits per heavy atom. The Balaban J connectivity index is 2.62. The summed E-state index contributed by atoms with van der Waals surface area (Å²) in [5.41, 5.74) is 1.49. The molecule has 0 saturated carbocycles. The Kier molecular flexibility index (Phi) is 5.52. The van der Waals surface area contributed by atoms with Crippen LogP contribution in [0.25, 0.3) is 11.1 Å². The maximum absolute atomic E-state index is 11.5. The van der Waals surface area contributed by atoms with E-state index in [2.05, 4.69) is 13.0 Å². The molecule has 0 radical (unpaired) electrons. The number of benzene rings is 1. The second-order valence-electron chi connectivity index (χ2n) is 4.71. The number of aromatic carboxylic acids is 1. The molecule has 0 bridgehead atoms. The molecular formula is C16H13ClNO2S2-. The standard InChI is InChI=1S/C16H14ClNO2S2/c1-3-9(2)21-16-12(8-18)13(14(22-16)15(19)20)10-4-6-11(17)7-5-10/h4-7,9H,3H2,1-2H3,(H,19,20)/p-1/t9-/m0/s1. The van der Waals surface area contributed by atoms with Crippen LogP contribution < -0.4 is 5.11 Å². The van der Waals surface area contributed by atoms with E-state index in [-0.39, 0.29) is 4.88 Å². The van der Waals surface area contributed by atoms with Crippen LogP contribution in [0.5, 0.6) is 0 Å². The lowest BCUT2D eigenvalue weighted by atomic mass is 10.0. The summed E-state index contributed by atoms with van der Waals surface area (Å²) in [6, 6.07) is 8.94. The normalized spacial score (nSPS) is 11.9. The molecule has 3 nitrogen and oxygen atoms in total. The maximum Gasteiger partial charge on any atom is 0.102 e. The van der Waals surface area contributed by atoms with Crippen LogP contribution in [-0.2, 0) is 0 Å². The van der Waals surface area contributed by atoms with Crippen LogP contribution in [0.15, 0.2) is 28.5 Å². The van der Waals surface area contributed by atoms with Gasteiger partial charge in [-0.05, 0) is 24.1 Å². The first-order valence-corrected chi connectivity index (χ1v) is 8.76. The van der Waals surface area contributed by atoms with Crippen LogP contribution >= 0.6 is 34.7 Å².